The quantitative estimate of drug-likeness (QED) is 0.309. The number of anilines is 3. The number of likely N-dealkylation sites (tertiary alicyclic amines) is 1. The van der Waals surface area contributed by atoms with Gasteiger partial charge >= 0.3 is 6.03 Å². The maximum atomic E-state index is 13.2. The van der Waals surface area contributed by atoms with Crippen molar-refractivity contribution in [1.82, 2.24) is 24.2 Å². The van der Waals surface area contributed by atoms with Crippen molar-refractivity contribution in [3.8, 4) is 11.1 Å². The number of nitrogens with zero attached hydrogens (tertiary/aromatic N) is 5. The number of piperidine rings is 1. The second-order valence-corrected chi connectivity index (χ2v) is 10.9. The van der Waals surface area contributed by atoms with Crippen LogP contribution < -0.4 is 10.6 Å². The van der Waals surface area contributed by atoms with Gasteiger partial charge in [0.05, 0.1) is 24.5 Å². The molecule has 1 unspecified atom stereocenters. The van der Waals surface area contributed by atoms with Crippen LogP contribution in [-0.4, -0.2) is 75.0 Å². The molecule has 2 aliphatic heterocycles. The van der Waals surface area contributed by atoms with Gasteiger partial charge in [-0.1, -0.05) is 19.1 Å². The average Bonchev–Trinajstić information content (AvgIpc) is 3.52. The molecule has 3 aromatic heterocycles. The first-order valence-corrected chi connectivity index (χ1v) is 14.8. The molecule has 2 N–H and O–H groups in total. The molecule has 2 saturated heterocycles. The summed E-state index contributed by atoms with van der Waals surface area (Å²) >= 11 is 0. The number of pyridine rings is 2. The largest absolute Gasteiger partial charge is 0.378 e. The van der Waals surface area contributed by atoms with E-state index in [1.165, 1.54) is 6.42 Å². The Balaban J connectivity index is 1.24. The predicted molar refractivity (Wildman–Crippen MR) is 163 cm³/mol. The minimum Gasteiger partial charge on any atom is -0.378 e. The van der Waals surface area contributed by atoms with Gasteiger partial charge in [0.15, 0.2) is 5.65 Å². The molecular weight excluding hydrogens is 530 g/mol. The normalized spacial score (nSPS) is 17.3. The number of nitrogens with one attached hydrogen (secondary N) is 2. The van der Waals surface area contributed by atoms with E-state index in [0.29, 0.717) is 43.7 Å². The van der Waals surface area contributed by atoms with Gasteiger partial charge in [0.1, 0.15) is 5.82 Å². The summed E-state index contributed by atoms with van der Waals surface area (Å²) in [5.74, 6) is 0.572. The van der Waals surface area contributed by atoms with Gasteiger partial charge in [-0.25, -0.2) is 14.8 Å². The van der Waals surface area contributed by atoms with Crippen molar-refractivity contribution in [3.63, 3.8) is 0 Å². The molecule has 0 saturated carbocycles. The van der Waals surface area contributed by atoms with Crippen molar-refractivity contribution in [2.75, 3.05) is 43.5 Å². The molecule has 42 heavy (non-hydrogen) atoms. The molecule has 218 valence electrons. The van der Waals surface area contributed by atoms with Crippen LogP contribution in [0.4, 0.5) is 22.0 Å². The van der Waals surface area contributed by atoms with Gasteiger partial charge in [0, 0.05) is 61.7 Å². The van der Waals surface area contributed by atoms with Crippen LogP contribution in [-0.2, 0) is 4.74 Å². The summed E-state index contributed by atoms with van der Waals surface area (Å²) in [4.78, 5) is 38.9. The number of carbonyl (C=O) groups is 2. The number of hydrogen-bond donors (Lipinski definition) is 2. The van der Waals surface area contributed by atoms with E-state index in [1.54, 1.807) is 23.4 Å². The van der Waals surface area contributed by atoms with Crippen molar-refractivity contribution >= 4 is 34.8 Å². The van der Waals surface area contributed by atoms with E-state index in [2.05, 4.69) is 33.6 Å². The van der Waals surface area contributed by atoms with Crippen LogP contribution >= 0.6 is 0 Å². The zero-order valence-electron chi connectivity index (χ0n) is 24.2. The minimum atomic E-state index is -0.0389. The molecule has 0 radical (unpaired) electrons. The molecule has 10 heteroatoms. The van der Waals surface area contributed by atoms with Crippen molar-refractivity contribution < 1.29 is 14.3 Å². The smallest absolute Gasteiger partial charge is 0.322 e. The number of hydrogen-bond acceptors (Lipinski definition) is 6. The second kappa shape index (κ2) is 12.2. The molecule has 0 aliphatic carbocycles. The number of imidazole rings is 1. The van der Waals surface area contributed by atoms with Gasteiger partial charge in [-0.15, -0.1) is 0 Å². The van der Waals surface area contributed by atoms with Crippen molar-refractivity contribution in [2.24, 2.45) is 0 Å². The van der Waals surface area contributed by atoms with Gasteiger partial charge in [-0.2, -0.15) is 0 Å². The highest BCUT2D eigenvalue weighted by atomic mass is 16.5. The van der Waals surface area contributed by atoms with Crippen molar-refractivity contribution in [2.45, 2.75) is 45.6 Å². The second-order valence-electron chi connectivity index (χ2n) is 10.9. The number of carbonyl (C=O) groups excluding carboxylic acids is 2. The molecule has 0 spiro atoms. The Morgan fingerprint density at radius 1 is 1.05 bits per heavy atom. The maximum Gasteiger partial charge on any atom is 0.322 e. The number of morpholine rings is 1. The topological polar surface area (TPSA) is 104 Å². The Bertz CT molecular complexity index is 1580. The standard InChI is InChI=1S/C32H37N7O3/c1-3-25-7-4-5-13-39(25)32(41)36-27-9-6-8-26(22(27)2)24-19-28(30-33-12-14-38(30)21-24)35-29-11-10-23(20-34-29)31(40)37-15-17-42-18-16-37/h6,8-12,14,19-21,25H,3-5,7,13,15-18H2,1-2H3,(H,34,35)(H,36,41). The highest BCUT2D eigenvalue weighted by Crippen LogP contribution is 2.33. The number of rotatable bonds is 6. The third-order valence-electron chi connectivity index (χ3n) is 8.30. The Morgan fingerprint density at radius 3 is 2.69 bits per heavy atom. The van der Waals surface area contributed by atoms with E-state index in [1.807, 2.05) is 52.9 Å². The lowest BCUT2D eigenvalue weighted by Gasteiger charge is -2.35. The number of amides is 3. The van der Waals surface area contributed by atoms with Crippen LogP contribution in [0.15, 0.2) is 61.2 Å². The Kier molecular flexibility index (Phi) is 8.05. The van der Waals surface area contributed by atoms with Crippen LogP contribution in [0.25, 0.3) is 16.8 Å². The lowest BCUT2D eigenvalue weighted by atomic mass is 9.99. The molecule has 1 atom stereocenters. The monoisotopic (exact) mass is 567 g/mol. The molecule has 5 heterocycles. The van der Waals surface area contributed by atoms with Crippen molar-refractivity contribution in [1.29, 1.82) is 0 Å². The maximum absolute atomic E-state index is 13.2. The first-order chi connectivity index (χ1) is 20.5. The summed E-state index contributed by atoms with van der Waals surface area (Å²) in [6.45, 7) is 7.27. The van der Waals surface area contributed by atoms with Gasteiger partial charge in [0.25, 0.3) is 5.91 Å². The van der Waals surface area contributed by atoms with Gasteiger partial charge < -0.3 is 29.6 Å². The van der Waals surface area contributed by atoms with E-state index in [0.717, 1.165) is 59.5 Å². The molecular formula is C32H37N7O3. The molecule has 2 aliphatic rings. The zero-order chi connectivity index (χ0) is 29.1. The van der Waals surface area contributed by atoms with E-state index in [-0.39, 0.29) is 11.9 Å². The van der Waals surface area contributed by atoms with Gasteiger partial charge in [0.2, 0.25) is 0 Å². The average molecular weight is 568 g/mol. The van der Waals surface area contributed by atoms with Crippen LogP contribution in [0.3, 0.4) is 0 Å². The van der Waals surface area contributed by atoms with Crippen LogP contribution in [0, 0.1) is 6.92 Å². The van der Waals surface area contributed by atoms with Crippen molar-refractivity contribution in [3.05, 3.63) is 72.3 Å². The zero-order valence-corrected chi connectivity index (χ0v) is 24.2. The first-order valence-electron chi connectivity index (χ1n) is 14.8. The highest BCUT2D eigenvalue weighted by molar-refractivity contribution is 5.94. The molecule has 0 bridgehead atoms. The van der Waals surface area contributed by atoms with E-state index in [4.69, 9.17) is 4.74 Å². The summed E-state index contributed by atoms with van der Waals surface area (Å²) in [7, 11) is 0. The molecule has 10 nitrogen and oxygen atoms in total. The van der Waals surface area contributed by atoms with Crippen LogP contribution in [0.2, 0.25) is 0 Å². The minimum absolute atomic E-state index is 0.0316. The molecule has 1 aromatic carbocycles. The van der Waals surface area contributed by atoms with E-state index in [9.17, 15) is 9.59 Å². The van der Waals surface area contributed by atoms with E-state index < -0.39 is 0 Å². The molecule has 6 rings (SSSR count). The molecule has 3 amide bonds. The van der Waals surface area contributed by atoms with Crippen LogP contribution in [0.1, 0.15) is 48.5 Å². The predicted octanol–water partition coefficient (Wildman–Crippen LogP) is 5.72. The fraction of sp³-hybridized carbons (Fsp3) is 0.375. The van der Waals surface area contributed by atoms with Crippen LogP contribution in [0.5, 0.6) is 0 Å². The number of ether oxygens (including phenoxy) is 1. The fourth-order valence-corrected chi connectivity index (χ4v) is 5.92. The summed E-state index contributed by atoms with van der Waals surface area (Å²) in [5.41, 5.74) is 5.87. The SMILES string of the molecule is CCC1CCCCN1C(=O)Nc1cccc(-c2cc(Nc3ccc(C(=O)N4CCOCC4)cn3)c3nccn3c2)c1C. The molecule has 2 fully saturated rings. The Morgan fingerprint density at radius 2 is 1.90 bits per heavy atom. The fourth-order valence-electron chi connectivity index (χ4n) is 5.92. The number of aromatic nitrogens is 3. The molecule has 4 aromatic rings. The lowest BCUT2D eigenvalue weighted by Crippen LogP contribution is -2.45. The summed E-state index contributed by atoms with van der Waals surface area (Å²) in [6, 6.07) is 11.9. The van der Waals surface area contributed by atoms with Gasteiger partial charge in [-0.05, 0) is 68.0 Å². The number of urea groups is 1. The summed E-state index contributed by atoms with van der Waals surface area (Å²) in [5, 5.41) is 6.58. The number of fused-ring (bicyclic) bond motifs is 1. The third kappa shape index (κ3) is 5.67. The third-order valence-corrected chi connectivity index (χ3v) is 8.30. The first kappa shape index (κ1) is 27.7. The Labute approximate surface area is 245 Å². The van der Waals surface area contributed by atoms with E-state index >= 15 is 0 Å². The highest BCUT2D eigenvalue weighted by Gasteiger charge is 2.26. The summed E-state index contributed by atoms with van der Waals surface area (Å²) in [6.07, 6.45) is 11.6. The summed E-state index contributed by atoms with van der Waals surface area (Å²) < 4.78 is 7.33. The lowest BCUT2D eigenvalue weighted by molar-refractivity contribution is 0.0302. The van der Waals surface area contributed by atoms with Gasteiger partial charge in [-0.3, -0.25) is 4.79 Å². The Hall–Kier alpha value is -4.44. The number of benzene rings is 1.